The van der Waals surface area contributed by atoms with Crippen LogP contribution in [0.2, 0.25) is 5.02 Å². The number of halogens is 1. The van der Waals surface area contributed by atoms with Gasteiger partial charge in [0.05, 0.1) is 5.02 Å². The van der Waals surface area contributed by atoms with Crippen LogP contribution in [0, 0.1) is 0 Å². The van der Waals surface area contributed by atoms with Crippen LogP contribution >= 0.6 is 11.6 Å². The number of imidazole rings is 1. The van der Waals surface area contributed by atoms with Gasteiger partial charge in [0.25, 0.3) is 0 Å². The van der Waals surface area contributed by atoms with Crippen molar-refractivity contribution in [2.45, 2.75) is 6.54 Å². The number of H-pyrrole nitrogens is 1. The molecule has 0 saturated carbocycles. The Hall–Kier alpha value is -3.12. The average Bonchev–Trinajstić information content (AvgIpc) is 3.20. The van der Waals surface area contributed by atoms with Gasteiger partial charge >= 0.3 is 0 Å². The Morgan fingerprint density at radius 2 is 2.08 bits per heavy atom. The van der Waals surface area contributed by atoms with Crippen LogP contribution in [-0.4, -0.2) is 33.3 Å². The molecule has 3 aromatic rings. The maximum absolute atomic E-state index is 10.2. The normalized spacial score (nSPS) is 14.0. The summed E-state index contributed by atoms with van der Waals surface area (Å²) >= 11 is 6.02. The van der Waals surface area contributed by atoms with Gasteiger partial charge in [0.1, 0.15) is 5.69 Å². The summed E-state index contributed by atoms with van der Waals surface area (Å²) in [6.45, 7) is 0.674. The second kappa shape index (κ2) is 6.65. The molecule has 26 heavy (non-hydrogen) atoms. The molecule has 1 aliphatic rings. The fourth-order valence-corrected chi connectivity index (χ4v) is 2.95. The molecule has 2 aromatic heterocycles. The second-order valence-electron chi connectivity index (χ2n) is 6.02. The first-order chi connectivity index (χ1) is 12.6. The smallest absolute Gasteiger partial charge is 0.238 e. The molecule has 0 amide bonds. The molecule has 1 aliphatic heterocycles. The van der Waals surface area contributed by atoms with Crippen LogP contribution in [0.1, 0.15) is 16.8 Å². The van der Waals surface area contributed by atoms with Gasteiger partial charge < -0.3 is 15.0 Å². The Morgan fingerprint density at radius 1 is 1.27 bits per heavy atom. The molecule has 0 fully saturated rings. The lowest BCUT2D eigenvalue weighted by Crippen LogP contribution is -2.17. The lowest BCUT2D eigenvalue weighted by Gasteiger charge is -2.15. The van der Waals surface area contributed by atoms with E-state index in [9.17, 15) is 5.11 Å². The first-order valence-electron chi connectivity index (χ1n) is 8.06. The predicted molar refractivity (Wildman–Crippen MR) is 104 cm³/mol. The van der Waals surface area contributed by atoms with E-state index in [0.29, 0.717) is 29.0 Å². The van der Waals surface area contributed by atoms with Gasteiger partial charge in [0.2, 0.25) is 11.8 Å². The van der Waals surface area contributed by atoms with Crippen molar-refractivity contribution in [2.24, 2.45) is 4.99 Å². The Bertz CT molecular complexity index is 1010. The van der Waals surface area contributed by atoms with Crippen LogP contribution in [0.4, 0.5) is 11.8 Å². The number of rotatable bonds is 4. The van der Waals surface area contributed by atoms with E-state index >= 15 is 0 Å². The first-order valence-corrected chi connectivity index (χ1v) is 8.43. The molecule has 0 radical (unpaired) electrons. The highest BCUT2D eigenvalue weighted by Gasteiger charge is 2.17. The number of nitrogens with one attached hydrogen (secondary N) is 1. The van der Waals surface area contributed by atoms with Crippen molar-refractivity contribution < 1.29 is 5.11 Å². The highest BCUT2D eigenvalue weighted by molar-refractivity contribution is 6.31. The summed E-state index contributed by atoms with van der Waals surface area (Å²) in [5, 5.41) is 10.7. The summed E-state index contributed by atoms with van der Waals surface area (Å²) in [4.78, 5) is 17.7. The van der Waals surface area contributed by atoms with E-state index in [0.717, 1.165) is 16.7 Å². The number of aromatic nitrogens is 3. The number of aromatic amines is 1. The number of hydrogen-bond donors (Lipinski definition) is 2. The third-order valence-corrected chi connectivity index (χ3v) is 4.30. The van der Waals surface area contributed by atoms with Crippen molar-refractivity contribution in [3.63, 3.8) is 0 Å². The van der Waals surface area contributed by atoms with E-state index in [-0.39, 0.29) is 5.88 Å². The third kappa shape index (κ3) is 3.19. The van der Waals surface area contributed by atoms with E-state index in [1.807, 2.05) is 42.3 Å². The molecule has 7 heteroatoms. The van der Waals surface area contributed by atoms with Crippen LogP contribution in [0.25, 0.3) is 11.6 Å². The minimum atomic E-state index is -0.0655. The van der Waals surface area contributed by atoms with Gasteiger partial charge in [-0.15, -0.1) is 0 Å². The molecule has 4 rings (SSSR count). The van der Waals surface area contributed by atoms with Crippen LogP contribution in [-0.2, 0) is 6.54 Å². The highest BCUT2D eigenvalue weighted by atomic mass is 35.5. The lowest BCUT2D eigenvalue weighted by molar-refractivity contribution is 0.455. The number of benzene rings is 1. The van der Waals surface area contributed by atoms with Gasteiger partial charge in [0.15, 0.2) is 5.82 Å². The first kappa shape index (κ1) is 16.4. The van der Waals surface area contributed by atoms with E-state index in [2.05, 4.69) is 19.9 Å². The molecule has 0 unspecified atom stereocenters. The lowest BCUT2D eigenvalue weighted by atomic mass is 10.1. The summed E-state index contributed by atoms with van der Waals surface area (Å²) in [7, 11) is 1.91. The molecule has 130 valence electrons. The summed E-state index contributed by atoms with van der Waals surface area (Å²) < 4.78 is 0. The fraction of sp³-hybridized carbons (Fsp3) is 0.105. The van der Waals surface area contributed by atoms with Crippen molar-refractivity contribution in [1.29, 1.82) is 0 Å². The number of aromatic hydroxyl groups is 1. The van der Waals surface area contributed by atoms with Gasteiger partial charge in [0, 0.05) is 37.1 Å². The molecule has 0 spiro atoms. The van der Waals surface area contributed by atoms with Gasteiger partial charge in [-0.25, -0.2) is 9.98 Å². The monoisotopic (exact) mass is 365 g/mol. The van der Waals surface area contributed by atoms with Crippen molar-refractivity contribution >= 4 is 41.2 Å². The number of nitrogens with zero attached hydrogens (tertiary/aromatic N) is 4. The topological polar surface area (TPSA) is 77.4 Å². The quantitative estimate of drug-likeness (QED) is 0.731. The minimum absolute atomic E-state index is 0.0655. The van der Waals surface area contributed by atoms with Gasteiger partial charge in [-0.2, -0.15) is 4.98 Å². The zero-order valence-corrected chi connectivity index (χ0v) is 14.8. The van der Waals surface area contributed by atoms with E-state index in [4.69, 9.17) is 11.6 Å². The molecule has 0 atom stereocenters. The number of hydrogen-bond acceptors (Lipinski definition) is 5. The number of allylic oxidation sites excluding steroid dienone is 1. The molecule has 0 aliphatic carbocycles. The van der Waals surface area contributed by atoms with E-state index in [1.165, 1.54) is 0 Å². The molecular formula is C19H16ClN5O. The van der Waals surface area contributed by atoms with Gasteiger partial charge in [-0.05, 0) is 17.7 Å². The SMILES string of the molecule is CN(Cc1ccccc1)c1nc(O)c(/C=C2/C=Nc3ncc(Cl)cc32)[nH]1. The van der Waals surface area contributed by atoms with Crippen LogP contribution < -0.4 is 4.90 Å². The largest absolute Gasteiger partial charge is 0.492 e. The van der Waals surface area contributed by atoms with Crippen molar-refractivity contribution in [1.82, 2.24) is 15.0 Å². The number of pyridine rings is 1. The van der Waals surface area contributed by atoms with Crippen LogP contribution in [0.15, 0.2) is 47.6 Å². The second-order valence-corrected chi connectivity index (χ2v) is 6.46. The highest BCUT2D eigenvalue weighted by Crippen LogP contribution is 2.33. The molecule has 0 bridgehead atoms. The fourth-order valence-electron chi connectivity index (χ4n) is 2.80. The standard InChI is InChI=1S/C19H16ClN5O/c1-25(11-12-5-3-2-4-6-12)19-23-16(18(26)24-19)7-13-9-21-17-15(13)8-14(20)10-22-17/h2-10,26H,11H2,1H3,(H,23,24)/b13-7-. The molecule has 1 aromatic carbocycles. The third-order valence-electron chi connectivity index (χ3n) is 4.09. The summed E-state index contributed by atoms with van der Waals surface area (Å²) in [6.07, 6.45) is 5.04. The Morgan fingerprint density at radius 3 is 2.88 bits per heavy atom. The molecule has 2 N–H and O–H groups in total. The molecule has 0 saturated heterocycles. The van der Waals surface area contributed by atoms with Crippen molar-refractivity contribution in [3.05, 3.63) is 64.4 Å². The summed E-state index contributed by atoms with van der Waals surface area (Å²) in [5.74, 6) is 1.13. The number of fused-ring (bicyclic) bond motifs is 1. The van der Waals surface area contributed by atoms with E-state index in [1.54, 1.807) is 24.6 Å². The van der Waals surface area contributed by atoms with E-state index < -0.39 is 0 Å². The number of anilines is 1. The zero-order valence-electron chi connectivity index (χ0n) is 14.0. The molecular weight excluding hydrogens is 350 g/mol. The van der Waals surface area contributed by atoms with Crippen LogP contribution in [0.5, 0.6) is 5.88 Å². The Kier molecular flexibility index (Phi) is 4.18. The van der Waals surface area contributed by atoms with Crippen molar-refractivity contribution in [3.8, 4) is 5.88 Å². The predicted octanol–water partition coefficient (Wildman–Crippen LogP) is 4.06. The average molecular weight is 366 g/mol. The zero-order chi connectivity index (χ0) is 18.1. The van der Waals surface area contributed by atoms with Crippen LogP contribution in [0.3, 0.4) is 0 Å². The van der Waals surface area contributed by atoms with Gasteiger partial charge in [-0.3, -0.25) is 0 Å². The maximum atomic E-state index is 10.2. The van der Waals surface area contributed by atoms with Gasteiger partial charge in [-0.1, -0.05) is 41.9 Å². The molecule has 3 heterocycles. The molecule has 6 nitrogen and oxygen atoms in total. The summed E-state index contributed by atoms with van der Waals surface area (Å²) in [6, 6.07) is 11.9. The minimum Gasteiger partial charge on any atom is -0.492 e. The summed E-state index contributed by atoms with van der Waals surface area (Å²) in [5.41, 5.74) is 3.30. The Balaban J connectivity index is 1.60. The maximum Gasteiger partial charge on any atom is 0.238 e. The van der Waals surface area contributed by atoms with Crippen molar-refractivity contribution in [2.75, 3.05) is 11.9 Å². The Labute approximate surface area is 155 Å². The number of aliphatic imine (C=N–C) groups is 1.